The number of aliphatic carboxylic acids is 1. The lowest BCUT2D eigenvalue weighted by atomic mass is 9.93. The van der Waals surface area contributed by atoms with Gasteiger partial charge in [-0.1, -0.05) is 43.7 Å². The Morgan fingerprint density at radius 2 is 1.81 bits per heavy atom. The van der Waals surface area contributed by atoms with Crippen molar-refractivity contribution in [3.8, 4) is 0 Å². The first-order valence-electron chi connectivity index (χ1n) is 7.26. The number of ether oxygens (including phenoxy) is 1. The van der Waals surface area contributed by atoms with Crippen LogP contribution in [0.5, 0.6) is 0 Å². The average Bonchev–Trinajstić information content (AvgIpc) is 2.47. The number of carbonyl (C=O) groups excluding carboxylic acids is 1. The van der Waals surface area contributed by atoms with Crippen LogP contribution in [0.15, 0.2) is 35.9 Å². The van der Waals surface area contributed by atoms with Gasteiger partial charge in [-0.3, -0.25) is 4.79 Å². The third-order valence-corrected chi connectivity index (χ3v) is 3.12. The van der Waals surface area contributed by atoms with Crippen LogP contribution in [0.1, 0.15) is 45.1 Å². The summed E-state index contributed by atoms with van der Waals surface area (Å²) in [5, 5.41) is 9.08. The first-order valence-corrected chi connectivity index (χ1v) is 7.26. The molecule has 4 heteroatoms. The van der Waals surface area contributed by atoms with Crippen LogP contribution < -0.4 is 0 Å². The molecule has 21 heavy (non-hydrogen) atoms. The highest BCUT2D eigenvalue weighted by Gasteiger charge is 2.20. The van der Waals surface area contributed by atoms with Gasteiger partial charge in [-0.05, 0) is 30.9 Å². The molecule has 1 rings (SSSR count). The predicted molar refractivity (Wildman–Crippen MR) is 81.8 cm³/mol. The molecule has 0 aliphatic rings. The second-order valence-electron chi connectivity index (χ2n) is 4.72. The van der Waals surface area contributed by atoms with Gasteiger partial charge in [0.15, 0.2) is 0 Å². The smallest absolute Gasteiger partial charge is 0.334 e. The molecule has 4 nitrogen and oxygen atoms in total. The van der Waals surface area contributed by atoms with Gasteiger partial charge in [-0.2, -0.15) is 0 Å². The highest BCUT2D eigenvalue weighted by atomic mass is 16.5. The lowest BCUT2D eigenvalue weighted by Crippen LogP contribution is -2.14. The zero-order valence-electron chi connectivity index (χ0n) is 12.6. The maximum Gasteiger partial charge on any atom is 0.334 e. The van der Waals surface area contributed by atoms with Crippen LogP contribution in [0, 0.1) is 0 Å². The first kappa shape index (κ1) is 17.0. The van der Waals surface area contributed by atoms with Crippen LogP contribution in [0.3, 0.4) is 0 Å². The Morgan fingerprint density at radius 1 is 1.14 bits per heavy atom. The molecule has 1 aromatic rings. The third kappa shape index (κ3) is 5.42. The van der Waals surface area contributed by atoms with Crippen LogP contribution in [0.4, 0.5) is 0 Å². The molecule has 114 valence electrons. The summed E-state index contributed by atoms with van der Waals surface area (Å²) in [5.74, 6) is -1.56. The molecule has 0 saturated heterocycles. The van der Waals surface area contributed by atoms with Crippen molar-refractivity contribution >= 4 is 17.5 Å². The number of carboxylic acids is 1. The van der Waals surface area contributed by atoms with E-state index in [1.807, 2.05) is 30.3 Å². The molecule has 1 aromatic carbocycles. The van der Waals surface area contributed by atoms with E-state index in [1.54, 1.807) is 6.92 Å². The number of esters is 1. The van der Waals surface area contributed by atoms with Gasteiger partial charge in [0.05, 0.1) is 18.6 Å². The summed E-state index contributed by atoms with van der Waals surface area (Å²) >= 11 is 0. The Morgan fingerprint density at radius 3 is 2.33 bits per heavy atom. The molecule has 0 unspecified atom stereocenters. The first-order chi connectivity index (χ1) is 10.1. The molecule has 1 N–H and O–H groups in total. The van der Waals surface area contributed by atoms with Gasteiger partial charge in [0.2, 0.25) is 0 Å². The number of carboxylic acid groups (broad SMARTS) is 1. The number of hydrogen-bond acceptors (Lipinski definition) is 3. The Balaban J connectivity index is 3.28. The van der Waals surface area contributed by atoms with E-state index < -0.39 is 11.9 Å². The van der Waals surface area contributed by atoms with Gasteiger partial charge in [-0.25, -0.2) is 4.79 Å². The van der Waals surface area contributed by atoms with E-state index >= 15 is 0 Å². The molecule has 0 fully saturated rings. The number of unbranched alkanes of at least 4 members (excludes halogenated alkanes) is 1. The number of rotatable bonds is 8. The van der Waals surface area contributed by atoms with E-state index in [0.717, 1.165) is 24.0 Å². The normalized spacial score (nSPS) is 11.7. The Kier molecular flexibility index (Phi) is 7.23. The number of hydrogen-bond donors (Lipinski definition) is 1. The minimum absolute atomic E-state index is 0.234. The number of carbonyl (C=O) groups is 2. The largest absolute Gasteiger partial charge is 0.481 e. The number of allylic oxidation sites excluding steroid dienone is 1. The fourth-order valence-corrected chi connectivity index (χ4v) is 2.13. The van der Waals surface area contributed by atoms with Gasteiger partial charge in [-0.15, -0.1) is 0 Å². The fourth-order valence-electron chi connectivity index (χ4n) is 2.13. The molecule has 0 aliphatic carbocycles. The zero-order chi connectivity index (χ0) is 15.7. The molecular weight excluding hydrogens is 268 g/mol. The Hall–Kier alpha value is -2.10. The van der Waals surface area contributed by atoms with Crippen molar-refractivity contribution in [1.29, 1.82) is 0 Å². The van der Waals surface area contributed by atoms with Crippen molar-refractivity contribution in [3.63, 3.8) is 0 Å². The minimum atomic E-state index is -1.03. The maximum absolute atomic E-state index is 12.1. The summed E-state index contributed by atoms with van der Waals surface area (Å²) in [6, 6.07) is 9.44. The lowest BCUT2D eigenvalue weighted by molar-refractivity contribution is -0.142. The van der Waals surface area contributed by atoms with Crippen LogP contribution >= 0.6 is 0 Å². The van der Waals surface area contributed by atoms with E-state index in [4.69, 9.17) is 9.84 Å². The standard InChI is InChI=1S/C17H22O4/c1-3-5-11-14(13-9-7-6-8-10-13)15(12-16(18)19)17(20)21-4-2/h6-10H,3-5,11-12H2,1-2H3,(H,18,19)/b15-14-. The minimum Gasteiger partial charge on any atom is -0.481 e. The summed E-state index contributed by atoms with van der Waals surface area (Å²) in [5.41, 5.74) is 1.91. The van der Waals surface area contributed by atoms with Crippen molar-refractivity contribution in [3.05, 3.63) is 41.5 Å². The van der Waals surface area contributed by atoms with Gasteiger partial charge in [0.1, 0.15) is 0 Å². The second kappa shape index (κ2) is 8.95. The van der Waals surface area contributed by atoms with Gasteiger partial charge in [0.25, 0.3) is 0 Å². The molecule has 0 radical (unpaired) electrons. The van der Waals surface area contributed by atoms with E-state index in [1.165, 1.54) is 0 Å². The molecule has 0 saturated carbocycles. The van der Waals surface area contributed by atoms with Crippen molar-refractivity contribution in [2.45, 2.75) is 39.5 Å². The molecule has 0 aliphatic heterocycles. The zero-order valence-corrected chi connectivity index (χ0v) is 12.6. The van der Waals surface area contributed by atoms with E-state index in [2.05, 4.69) is 6.92 Å². The summed E-state index contributed by atoms with van der Waals surface area (Å²) in [6.07, 6.45) is 2.22. The number of benzene rings is 1. The quantitative estimate of drug-likeness (QED) is 0.586. The Bertz CT molecular complexity index is 503. The molecular formula is C17H22O4. The van der Waals surface area contributed by atoms with Crippen LogP contribution in [0.2, 0.25) is 0 Å². The molecule has 0 aromatic heterocycles. The van der Waals surface area contributed by atoms with Crippen molar-refractivity contribution in [1.82, 2.24) is 0 Å². The second-order valence-corrected chi connectivity index (χ2v) is 4.72. The summed E-state index contributed by atoms with van der Waals surface area (Å²) in [7, 11) is 0. The lowest BCUT2D eigenvalue weighted by Gasteiger charge is -2.14. The van der Waals surface area contributed by atoms with Crippen molar-refractivity contribution in [2.24, 2.45) is 0 Å². The monoisotopic (exact) mass is 290 g/mol. The van der Waals surface area contributed by atoms with Gasteiger partial charge >= 0.3 is 11.9 Å². The van der Waals surface area contributed by atoms with E-state index in [-0.39, 0.29) is 18.6 Å². The highest BCUT2D eigenvalue weighted by molar-refractivity contribution is 6.01. The third-order valence-electron chi connectivity index (χ3n) is 3.12. The fraction of sp³-hybridized carbons (Fsp3) is 0.412. The van der Waals surface area contributed by atoms with Gasteiger partial charge < -0.3 is 9.84 Å². The summed E-state index contributed by atoms with van der Waals surface area (Å²) in [6.45, 7) is 4.01. The summed E-state index contributed by atoms with van der Waals surface area (Å²) < 4.78 is 5.03. The molecule has 0 amide bonds. The topological polar surface area (TPSA) is 63.6 Å². The molecule has 0 bridgehead atoms. The van der Waals surface area contributed by atoms with E-state index in [9.17, 15) is 9.59 Å². The highest BCUT2D eigenvalue weighted by Crippen LogP contribution is 2.27. The SMILES string of the molecule is CCCC/C(=C(\CC(=O)O)C(=O)OCC)c1ccccc1. The van der Waals surface area contributed by atoms with Crippen LogP contribution in [-0.4, -0.2) is 23.7 Å². The summed E-state index contributed by atoms with van der Waals surface area (Å²) in [4.78, 5) is 23.2. The molecule has 0 atom stereocenters. The van der Waals surface area contributed by atoms with Crippen LogP contribution in [0.25, 0.3) is 5.57 Å². The average molecular weight is 290 g/mol. The van der Waals surface area contributed by atoms with Crippen molar-refractivity contribution in [2.75, 3.05) is 6.61 Å². The Labute approximate surface area is 125 Å². The predicted octanol–water partition coefficient (Wildman–Crippen LogP) is 3.67. The molecule has 0 spiro atoms. The van der Waals surface area contributed by atoms with Gasteiger partial charge in [0, 0.05) is 0 Å². The maximum atomic E-state index is 12.1. The van der Waals surface area contributed by atoms with E-state index in [0.29, 0.717) is 6.42 Å². The molecule has 0 heterocycles. The van der Waals surface area contributed by atoms with Crippen molar-refractivity contribution < 1.29 is 19.4 Å². The van der Waals surface area contributed by atoms with Crippen LogP contribution in [-0.2, 0) is 14.3 Å².